The Bertz CT molecular complexity index is 812. The van der Waals surface area contributed by atoms with Crippen molar-refractivity contribution in [2.75, 3.05) is 32.7 Å². The minimum atomic E-state index is -4.29. The maximum atomic E-state index is 12.7. The van der Waals surface area contributed by atoms with E-state index < -0.39 is 11.7 Å². The Hall–Kier alpha value is -1.89. The SMILES string of the molecule is CCNC(=NCc1ncnn1C)N1CCN(Cc2ccc(C(F)(F)F)cc2)CC1.I. The molecule has 1 aromatic carbocycles. The Morgan fingerprint density at radius 3 is 2.33 bits per heavy atom. The number of guanidine groups is 1. The molecule has 1 aliphatic heterocycles. The fourth-order valence-electron chi connectivity index (χ4n) is 3.21. The molecule has 1 fully saturated rings. The van der Waals surface area contributed by atoms with Gasteiger partial charge in [0, 0.05) is 46.3 Å². The lowest BCUT2D eigenvalue weighted by Gasteiger charge is -2.36. The molecular formula is C19H27F3IN7. The summed E-state index contributed by atoms with van der Waals surface area (Å²) in [7, 11) is 1.84. The maximum Gasteiger partial charge on any atom is 0.416 e. The number of halogens is 4. The topological polar surface area (TPSA) is 61.6 Å². The molecule has 30 heavy (non-hydrogen) atoms. The summed E-state index contributed by atoms with van der Waals surface area (Å²) in [5.41, 5.74) is 0.273. The molecule has 1 N–H and O–H groups in total. The van der Waals surface area contributed by atoms with Crippen LogP contribution < -0.4 is 5.32 Å². The van der Waals surface area contributed by atoms with E-state index in [2.05, 4.69) is 30.2 Å². The van der Waals surface area contributed by atoms with Crippen LogP contribution >= 0.6 is 24.0 Å². The Labute approximate surface area is 191 Å². The second kappa shape index (κ2) is 10.9. The number of nitrogens with zero attached hydrogens (tertiary/aromatic N) is 6. The number of aliphatic imine (C=N–C) groups is 1. The summed E-state index contributed by atoms with van der Waals surface area (Å²) in [6.07, 6.45) is -2.78. The third kappa shape index (κ3) is 6.56. The normalized spacial score (nSPS) is 15.8. The molecule has 2 heterocycles. The van der Waals surface area contributed by atoms with Gasteiger partial charge in [-0.2, -0.15) is 18.3 Å². The molecule has 166 valence electrons. The zero-order valence-corrected chi connectivity index (χ0v) is 19.4. The summed E-state index contributed by atoms with van der Waals surface area (Å²) in [4.78, 5) is 13.3. The zero-order chi connectivity index (χ0) is 20.9. The molecule has 0 saturated carbocycles. The Morgan fingerprint density at radius 1 is 1.13 bits per heavy atom. The molecule has 11 heteroatoms. The van der Waals surface area contributed by atoms with Crippen LogP contribution in [0.1, 0.15) is 23.9 Å². The van der Waals surface area contributed by atoms with Crippen LogP contribution in [-0.2, 0) is 26.3 Å². The molecular weight excluding hydrogens is 510 g/mol. The van der Waals surface area contributed by atoms with Crippen molar-refractivity contribution in [2.24, 2.45) is 12.0 Å². The number of aryl methyl sites for hydroxylation is 1. The van der Waals surface area contributed by atoms with Gasteiger partial charge in [-0.15, -0.1) is 24.0 Å². The minimum Gasteiger partial charge on any atom is -0.357 e. The fraction of sp³-hybridized carbons (Fsp3) is 0.526. The van der Waals surface area contributed by atoms with Crippen molar-refractivity contribution < 1.29 is 13.2 Å². The smallest absolute Gasteiger partial charge is 0.357 e. The number of hydrogen-bond acceptors (Lipinski definition) is 4. The van der Waals surface area contributed by atoms with Crippen LogP contribution in [0.15, 0.2) is 35.6 Å². The second-order valence-electron chi connectivity index (χ2n) is 6.93. The third-order valence-corrected chi connectivity index (χ3v) is 4.87. The van der Waals surface area contributed by atoms with Gasteiger partial charge in [-0.25, -0.2) is 9.98 Å². The lowest BCUT2D eigenvalue weighted by atomic mass is 10.1. The molecule has 0 bridgehead atoms. The molecule has 1 aliphatic rings. The number of alkyl halides is 3. The van der Waals surface area contributed by atoms with Gasteiger partial charge in [0.25, 0.3) is 0 Å². The van der Waals surface area contributed by atoms with Crippen molar-refractivity contribution in [1.29, 1.82) is 0 Å². The average molecular weight is 537 g/mol. The number of nitrogens with one attached hydrogen (secondary N) is 1. The molecule has 2 aromatic rings. The molecule has 0 unspecified atom stereocenters. The summed E-state index contributed by atoms with van der Waals surface area (Å²) < 4.78 is 39.8. The van der Waals surface area contributed by atoms with Gasteiger partial charge in [0.2, 0.25) is 0 Å². The first-order valence-corrected chi connectivity index (χ1v) is 9.61. The van der Waals surface area contributed by atoms with Crippen molar-refractivity contribution in [3.05, 3.63) is 47.5 Å². The van der Waals surface area contributed by atoms with Gasteiger partial charge in [-0.05, 0) is 24.6 Å². The van der Waals surface area contributed by atoms with Gasteiger partial charge in [0.15, 0.2) is 5.96 Å². The third-order valence-electron chi connectivity index (χ3n) is 4.87. The lowest BCUT2D eigenvalue weighted by molar-refractivity contribution is -0.137. The van der Waals surface area contributed by atoms with E-state index in [0.29, 0.717) is 13.1 Å². The Kier molecular flexibility index (Phi) is 8.89. The van der Waals surface area contributed by atoms with Gasteiger partial charge in [-0.3, -0.25) is 9.58 Å². The van der Waals surface area contributed by atoms with Crippen molar-refractivity contribution in [1.82, 2.24) is 29.9 Å². The summed E-state index contributed by atoms with van der Waals surface area (Å²) in [5.74, 6) is 1.63. The van der Waals surface area contributed by atoms with Crippen LogP contribution in [-0.4, -0.2) is 63.2 Å². The molecule has 0 radical (unpaired) electrons. The van der Waals surface area contributed by atoms with E-state index in [4.69, 9.17) is 0 Å². The highest BCUT2D eigenvalue weighted by molar-refractivity contribution is 14.0. The summed E-state index contributed by atoms with van der Waals surface area (Å²) in [6, 6.07) is 5.41. The van der Waals surface area contributed by atoms with Crippen LogP contribution in [0.2, 0.25) is 0 Å². The van der Waals surface area contributed by atoms with Crippen molar-refractivity contribution in [3.8, 4) is 0 Å². The van der Waals surface area contributed by atoms with Crippen molar-refractivity contribution in [3.63, 3.8) is 0 Å². The van der Waals surface area contributed by atoms with Crippen molar-refractivity contribution >= 4 is 29.9 Å². The number of hydrogen-bond donors (Lipinski definition) is 1. The Morgan fingerprint density at radius 2 is 1.80 bits per heavy atom. The fourth-order valence-corrected chi connectivity index (χ4v) is 3.21. The highest BCUT2D eigenvalue weighted by Gasteiger charge is 2.30. The molecule has 1 saturated heterocycles. The van der Waals surface area contributed by atoms with Crippen LogP contribution in [0.3, 0.4) is 0 Å². The summed E-state index contributed by atoms with van der Waals surface area (Å²) >= 11 is 0. The highest BCUT2D eigenvalue weighted by atomic mass is 127. The van der Waals surface area contributed by atoms with Gasteiger partial charge < -0.3 is 10.2 Å². The van der Waals surface area contributed by atoms with Crippen LogP contribution in [0.5, 0.6) is 0 Å². The lowest BCUT2D eigenvalue weighted by Crippen LogP contribution is -2.52. The van der Waals surface area contributed by atoms with Gasteiger partial charge >= 0.3 is 6.18 Å². The van der Waals surface area contributed by atoms with Gasteiger partial charge in [-0.1, -0.05) is 12.1 Å². The molecule has 0 atom stereocenters. The molecule has 0 spiro atoms. The molecule has 1 aromatic heterocycles. The van der Waals surface area contributed by atoms with E-state index in [-0.39, 0.29) is 24.0 Å². The van der Waals surface area contributed by atoms with E-state index >= 15 is 0 Å². The summed E-state index contributed by atoms with van der Waals surface area (Å²) in [5, 5.41) is 7.37. The van der Waals surface area contributed by atoms with E-state index in [9.17, 15) is 13.2 Å². The van der Waals surface area contributed by atoms with Crippen LogP contribution in [0.25, 0.3) is 0 Å². The molecule has 7 nitrogen and oxygen atoms in total. The predicted molar refractivity (Wildman–Crippen MR) is 120 cm³/mol. The Balaban J connectivity index is 0.00000320. The predicted octanol–water partition coefficient (Wildman–Crippen LogP) is 2.74. The molecule has 0 amide bonds. The zero-order valence-electron chi connectivity index (χ0n) is 17.1. The number of piperazine rings is 1. The minimum absolute atomic E-state index is 0. The average Bonchev–Trinajstić information content (AvgIpc) is 3.10. The van der Waals surface area contributed by atoms with Gasteiger partial charge in [0.05, 0.1) is 5.56 Å². The highest BCUT2D eigenvalue weighted by Crippen LogP contribution is 2.29. The first-order chi connectivity index (χ1) is 13.9. The maximum absolute atomic E-state index is 12.7. The largest absolute Gasteiger partial charge is 0.416 e. The quantitative estimate of drug-likeness (QED) is 0.361. The first-order valence-electron chi connectivity index (χ1n) is 9.61. The standard InChI is InChI=1S/C19H26F3N7.HI/c1-3-23-18(24-12-17-25-14-26-27(17)2)29-10-8-28(9-11-29)13-15-4-6-16(7-5-15)19(20,21)22;/h4-7,14H,3,8-13H2,1-2H3,(H,23,24);1H. The van der Waals surface area contributed by atoms with E-state index in [1.165, 1.54) is 6.33 Å². The molecule has 0 aliphatic carbocycles. The van der Waals surface area contributed by atoms with Crippen molar-refractivity contribution in [2.45, 2.75) is 26.2 Å². The number of aromatic nitrogens is 3. The molecule has 3 rings (SSSR count). The second-order valence-corrected chi connectivity index (χ2v) is 6.93. The van der Waals surface area contributed by atoms with E-state index in [1.807, 2.05) is 14.0 Å². The number of benzene rings is 1. The first kappa shape index (κ1) is 24.4. The van der Waals surface area contributed by atoms with Crippen LogP contribution in [0, 0.1) is 0 Å². The van der Waals surface area contributed by atoms with E-state index in [0.717, 1.165) is 62.2 Å². The van der Waals surface area contributed by atoms with Gasteiger partial charge in [0.1, 0.15) is 18.7 Å². The van der Waals surface area contributed by atoms with E-state index in [1.54, 1.807) is 16.8 Å². The summed E-state index contributed by atoms with van der Waals surface area (Å²) in [6.45, 7) is 7.10. The van der Waals surface area contributed by atoms with Crippen LogP contribution in [0.4, 0.5) is 13.2 Å². The number of rotatable bonds is 5. The monoisotopic (exact) mass is 537 g/mol.